The molecular weight excluding hydrogens is 421 g/mol. The predicted molar refractivity (Wildman–Crippen MR) is 118 cm³/mol. The normalized spacial score (nSPS) is 17.9. The first-order valence-electron chi connectivity index (χ1n) is 10.3. The van der Waals surface area contributed by atoms with Gasteiger partial charge in [0.05, 0.1) is 5.69 Å². The van der Waals surface area contributed by atoms with Crippen LogP contribution >= 0.6 is 11.6 Å². The Labute approximate surface area is 186 Å². The molecule has 0 atom stereocenters. The van der Waals surface area contributed by atoms with E-state index in [4.69, 9.17) is 16.3 Å². The summed E-state index contributed by atoms with van der Waals surface area (Å²) in [4.78, 5) is 31.3. The van der Waals surface area contributed by atoms with Crippen LogP contribution in [0.4, 0.5) is 15.8 Å². The number of benzene rings is 2. The Kier molecular flexibility index (Phi) is 5.79. The van der Waals surface area contributed by atoms with Gasteiger partial charge in [0.1, 0.15) is 11.6 Å². The van der Waals surface area contributed by atoms with Crippen molar-refractivity contribution < 1.29 is 18.7 Å². The van der Waals surface area contributed by atoms with Crippen molar-refractivity contribution in [3.8, 4) is 5.75 Å². The van der Waals surface area contributed by atoms with Crippen LogP contribution in [0.3, 0.4) is 0 Å². The third-order valence-corrected chi connectivity index (χ3v) is 5.95. The highest BCUT2D eigenvalue weighted by atomic mass is 35.5. The van der Waals surface area contributed by atoms with Crippen molar-refractivity contribution >= 4 is 34.8 Å². The Balaban J connectivity index is 1.38. The Morgan fingerprint density at radius 1 is 1.10 bits per heavy atom. The molecule has 0 aromatic heterocycles. The van der Waals surface area contributed by atoms with E-state index < -0.39 is 5.60 Å². The second kappa shape index (κ2) is 8.38. The highest BCUT2D eigenvalue weighted by molar-refractivity contribution is 6.31. The molecule has 2 heterocycles. The summed E-state index contributed by atoms with van der Waals surface area (Å²) in [5.74, 6) is 0.117. The summed E-state index contributed by atoms with van der Waals surface area (Å²) in [6.07, 6.45) is 0.213. The molecule has 0 radical (unpaired) electrons. The molecule has 2 aromatic carbocycles. The predicted octanol–water partition coefficient (Wildman–Crippen LogP) is 3.72. The fourth-order valence-electron chi connectivity index (χ4n) is 3.99. The molecule has 0 saturated carbocycles. The standard InChI is InChI=1S/C23H25ClFN3O3/c1-23(2)22(30)28(19-15-16(24)3-8-20(19)31-23)10-9-21(29)27-13-11-26(12-14-27)18-6-4-17(25)5-7-18/h3-8,15H,9-14H2,1-2H3. The molecule has 6 nitrogen and oxygen atoms in total. The molecule has 2 aromatic rings. The maximum atomic E-state index is 13.1. The number of carbonyl (C=O) groups is 2. The van der Waals surface area contributed by atoms with Crippen LogP contribution in [0.5, 0.6) is 5.75 Å². The van der Waals surface area contributed by atoms with Gasteiger partial charge in [-0.3, -0.25) is 9.59 Å². The molecule has 164 valence electrons. The Bertz CT molecular complexity index is 988. The van der Waals surface area contributed by atoms with Gasteiger partial charge < -0.3 is 19.4 Å². The van der Waals surface area contributed by atoms with Gasteiger partial charge in [-0.05, 0) is 56.3 Å². The molecule has 0 spiro atoms. The van der Waals surface area contributed by atoms with Crippen LogP contribution in [-0.4, -0.2) is 55.0 Å². The van der Waals surface area contributed by atoms with E-state index in [1.54, 1.807) is 49.1 Å². The maximum absolute atomic E-state index is 13.1. The van der Waals surface area contributed by atoms with Crippen molar-refractivity contribution in [1.82, 2.24) is 4.90 Å². The quantitative estimate of drug-likeness (QED) is 0.719. The number of fused-ring (bicyclic) bond motifs is 1. The molecule has 0 bridgehead atoms. The van der Waals surface area contributed by atoms with Crippen molar-refractivity contribution in [1.29, 1.82) is 0 Å². The molecule has 4 rings (SSSR count). The van der Waals surface area contributed by atoms with Crippen LogP contribution in [0, 0.1) is 5.82 Å². The topological polar surface area (TPSA) is 53.1 Å². The molecule has 2 aliphatic heterocycles. The molecular formula is C23H25ClFN3O3. The van der Waals surface area contributed by atoms with Crippen molar-refractivity contribution in [2.75, 3.05) is 42.5 Å². The lowest BCUT2D eigenvalue weighted by Crippen LogP contribution is -2.54. The third kappa shape index (κ3) is 4.46. The van der Waals surface area contributed by atoms with E-state index in [1.807, 2.05) is 4.90 Å². The fraction of sp³-hybridized carbons (Fsp3) is 0.391. The van der Waals surface area contributed by atoms with Gasteiger partial charge >= 0.3 is 0 Å². The molecule has 1 saturated heterocycles. The molecule has 1 fully saturated rings. The lowest BCUT2D eigenvalue weighted by Gasteiger charge is -2.39. The second-order valence-corrected chi connectivity index (χ2v) is 8.71. The number of hydrogen-bond acceptors (Lipinski definition) is 4. The molecule has 0 unspecified atom stereocenters. The summed E-state index contributed by atoms with van der Waals surface area (Å²) < 4.78 is 19.0. The molecule has 0 N–H and O–H groups in total. The smallest absolute Gasteiger partial charge is 0.270 e. The minimum Gasteiger partial charge on any atom is -0.476 e. The summed E-state index contributed by atoms with van der Waals surface area (Å²) in [6, 6.07) is 11.5. The number of nitrogens with zero attached hydrogens (tertiary/aromatic N) is 3. The van der Waals surface area contributed by atoms with E-state index in [0.29, 0.717) is 42.6 Å². The van der Waals surface area contributed by atoms with E-state index in [9.17, 15) is 14.0 Å². The SMILES string of the molecule is CC1(C)Oc2ccc(Cl)cc2N(CCC(=O)N2CCN(c3ccc(F)cc3)CC2)C1=O. The van der Waals surface area contributed by atoms with E-state index in [0.717, 1.165) is 5.69 Å². The number of carbonyl (C=O) groups excluding carboxylic acids is 2. The number of hydrogen-bond donors (Lipinski definition) is 0. The lowest BCUT2D eigenvalue weighted by molar-refractivity contribution is -0.133. The number of rotatable bonds is 4. The summed E-state index contributed by atoms with van der Waals surface area (Å²) >= 11 is 6.12. The molecule has 8 heteroatoms. The van der Waals surface area contributed by atoms with Gasteiger partial charge in [0.25, 0.3) is 5.91 Å². The Morgan fingerprint density at radius 3 is 2.45 bits per heavy atom. The second-order valence-electron chi connectivity index (χ2n) is 8.28. The minimum atomic E-state index is -1.01. The first-order valence-corrected chi connectivity index (χ1v) is 10.7. The monoisotopic (exact) mass is 445 g/mol. The largest absolute Gasteiger partial charge is 0.476 e. The minimum absolute atomic E-state index is 0.000526. The van der Waals surface area contributed by atoms with Gasteiger partial charge in [0, 0.05) is 49.9 Å². The van der Waals surface area contributed by atoms with Gasteiger partial charge in [-0.15, -0.1) is 0 Å². The van der Waals surface area contributed by atoms with Crippen molar-refractivity contribution in [3.63, 3.8) is 0 Å². The zero-order valence-corrected chi connectivity index (χ0v) is 18.4. The van der Waals surface area contributed by atoms with E-state index in [1.165, 1.54) is 12.1 Å². The lowest BCUT2D eigenvalue weighted by atomic mass is 10.0. The Hall–Kier alpha value is -2.80. The number of anilines is 2. The molecule has 2 amide bonds. The zero-order valence-electron chi connectivity index (χ0n) is 17.6. The van der Waals surface area contributed by atoms with Crippen LogP contribution in [0.2, 0.25) is 5.02 Å². The average molecular weight is 446 g/mol. The summed E-state index contributed by atoms with van der Waals surface area (Å²) in [5, 5.41) is 0.503. The number of ether oxygens (including phenoxy) is 1. The summed E-state index contributed by atoms with van der Waals surface area (Å²) in [6.45, 7) is 6.23. The van der Waals surface area contributed by atoms with Crippen molar-refractivity contribution in [3.05, 3.63) is 53.3 Å². The number of piperazine rings is 1. The van der Waals surface area contributed by atoms with Gasteiger partial charge in [-0.1, -0.05) is 11.6 Å². The van der Waals surface area contributed by atoms with E-state index >= 15 is 0 Å². The number of halogens is 2. The van der Waals surface area contributed by atoms with Crippen molar-refractivity contribution in [2.24, 2.45) is 0 Å². The Morgan fingerprint density at radius 2 is 1.77 bits per heavy atom. The highest BCUT2D eigenvalue weighted by Gasteiger charge is 2.41. The van der Waals surface area contributed by atoms with Gasteiger partial charge in [0.2, 0.25) is 5.91 Å². The van der Waals surface area contributed by atoms with Crippen LogP contribution < -0.4 is 14.5 Å². The van der Waals surface area contributed by atoms with E-state index in [2.05, 4.69) is 4.90 Å². The van der Waals surface area contributed by atoms with Crippen LogP contribution in [0.15, 0.2) is 42.5 Å². The molecule has 2 aliphatic rings. The van der Waals surface area contributed by atoms with Gasteiger partial charge in [-0.2, -0.15) is 0 Å². The summed E-state index contributed by atoms with van der Waals surface area (Å²) in [7, 11) is 0. The molecule has 0 aliphatic carbocycles. The van der Waals surface area contributed by atoms with Gasteiger partial charge in [-0.25, -0.2) is 4.39 Å². The first-order chi connectivity index (χ1) is 14.7. The zero-order chi connectivity index (χ0) is 22.2. The van der Waals surface area contributed by atoms with Gasteiger partial charge in [0.15, 0.2) is 5.60 Å². The van der Waals surface area contributed by atoms with Crippen LogP contribution in [0.25, 0.3) is 0 Å². The third-order valence-electron chi connectivity index (χ3n) is 5.71. The summed E-state index contributed by atoms with van der Waals surface area (Å²) in [5.41, 5.74) is 0.527. The van der Waals surface area contributed by atoms with Crippen LogP contribution in [-0.2, 0) is 9.59 Å². The maximum Gasteiger partial charge on any atom is 0.270 e. The van der Waals surface area contributed by atoms with Crippen molar-refractivity contribution in [2.45, 2.75) is 25.9 Å². The first kappa shape index (κ1) is 21.4. The van der Waals surface area contributed by atoms with E-state index in [-0.39, 0.29) is 30.6 Å². The average Bonchev–Trinajstić information content (AvgIpc) is 2.75. The highest BCUT2D eigenvalue weighted by Crippen LogP contribution is 2.39. The van der Waals surface area contributed by atoms with Crippen LogP contribution in [0.1, 0.15) is 20.3 Å². The number of amides is 2. The molecule has 31 heavy (non-hydrogen) atoms. The fourth-order valence-corrected chi connectivity index (χ4v) is 4.16.